The SMILES string of the molecule is Cc1cccc(-c2cnn(Cc3csc4cncn34)c2)c1. The Kier molecular flexibility index (Phi) is 2.86. The normalized spacial score (nSPS) is 11.3. The lowest BCUT2D eigenvalue weighted by Crippen LogP contribution is -2.02. The predicted octanol–water partition coefficient (Wildman–Crippen LogP) is 3.62. The molecule has 4 rings (SSSR count). The summed E-state index contributed by atoms with van der Waals surface area (Å²) in [5.74, 6) is 0. The first kappa shape index (κ1) is 12.3. The van der Waals surface area contributed by atoms with Crippen LogP contribution in [0.3, 0.4) is 0 Å². The molecule has 0 radical (unpaired) electrons. The van der Waals surface area contributed by atoms with Crippen LogP contribution < -0.4 is 0 Å². The second kappa shape index (κ2) is 4.86. The molecular weight excluding hydrogens is 280 g/mol. The average molecular weight is 294 g/mol. The van der Waals surface area contributed by atoms with Gasteiger partial charge in [0.1, 0.15) is 11.2 Å². The number of fused-ring (bicyclic) bond motifs is 1. The third-order valence-corrected chi connectivity index (χ3v) is 4.47. The molecule has 104 valence electrons. The highest BCUT2D eigenvalue weighted by molar-refractivity contribution is 7.15. The second-order valence-electron chi connectivity index (χ2n) is 5.12. The van der Waals surface area contributed by atoms with Crippen LogP contribution in [0.4, 0.5) is 0 Å². The zero-order valence-electron chi connectivity index (χ0n) is 11.6. The van der Waals surface area contributed by atoms with Crippen LogP contribution in [0, 0.1) is 6.92 Å². The quantitative estimate of drug-likeness (QED) is 0.578. The molecular formula is C16H14N4S. The van der Waals surface area contributed by atoms with Crippen molar-refractivity contribution in [1.82, 2.24) is 19.2 Å². The van der Waals surface area contributed by atoms with Crippen LogP contribution in [0.5, 0.6) is 0 Å². The van der Waals surface area contributed by atoms with Crippen molar-refractivity contribution in [1.29, 1.82) is 0 Å². The summed E-state index contributed by atoms with van der Waals surface area (Å²) in [6.45, 7) is 2.86. The lowest BCUT2D eigenvalue weighted by atomic mass is 10.1. The Morgan fingerprint density at radius 3 is 3.05 bits per heavy atom. The predicted molar refractivity (Wildman–Crippen MR) is 84.6 cm³/mol. The topological polar surface area (TPSA) is 35.1 Å². The lowest BCUT2D eigenvalue weighted by Gasteiger charge is -2.00. The van der Waals surface area contributed by atoms with Gasteiger partial charge in [-0.2, -0.15) is 5.10 Å². The molecule has 21 heavy (non-hydrogen) atoms. The highest BCUT2D eigenvalue weighted by Gasteiger charge is 2.06. The number of thiazole rings is 1. The van der Waals surface area contributed by atoms with Crippen molar-refractivity contribution >= 4 is 16.2 Å². The van der Waals surface area contributed by atoms with Crippen LogP contribution in [0.15, 0.2) is 54.6 Å². The maximum atomic E-state index is 4.48. The average Bonchev–Trinajstić information content (AvgIpc) is 3.18. The fraction of sp³-hybridized carbons (Fsp3) is 0.125. The Morgan fingerprint density at radius 1 is 1.19 bits per heavy atom. The monoisotopic (exact) mass is 294 g/mol. The Hall–Kier alpha value is -2.40. The summed E-state index contributed by atoms with van der Waals surface area (Å²) >= 11 is 1.70. The Labute approximate surface area is 126 Å². The van der Waals surface area contributed by atoms with E-state index in [1.165, 1.54) is 16.8 Å². The van der Waals surface area contributed by atoms with Crippen LogP contribution in [-0.2, 0) is 6.54 Å². The van der Waals surface area contributed by atoms with E-state index in [1.54, 1.807) is 11.3 Å². The van der Waals surface area contributed by atoms with E-state index in [-0.39, 0.29) is 0 Å². The van der Waals surface area contributed by atoms with E-state index in [9.17, 15) is 0 Å². The largest absolute Gasteiger partial charge is 0.292 e. The van der Waals surface area contributed by atoms with Gasteiger partial charge in [-0.05, 0) is 12.5 Å². The van der Waals surface area contributed by atoms with E-state index >= 15 is 0 Å². The Bertz CT molecular complexity index is 900. The van der Waals surface area contributed by atoms with E-state index in [2.05, 4.69) is 57.2 Å². The molecule has 0 amide bonds. The minimum Gasteiger partial charge on any atom is -0.292 e. The molecule has 0 spiro atoms. The molecule has 0 bridgehead atoms. The van der Waals surface area contributed by atoms with Gasteiger partial charge in [-0.15, -0.1) is 11.3 Å². The van der Waals surface area contributed by atoms with E-state index in [0.717, 1.165) is 16.9 Å². The zero-order valence-corrected chi connectivity index (χ0v) is 12.4. The molecule has 0 N–H and O–H groups in total. The second-order valence-corrected chi connectivity index (χ2v) is 6.01. The van der Waals surface area contributed by atoms with Crippen molar-refractivity contribution in [3.63, 3.8) is 0 Å². The fourth-order valence-corrected chi connectivity index (χ4v) is 3.32. The summed E-state index contributed by atoms with van der Waals surface area (Å²) in [7, 11) is 0. The molecule has 0 atom stereocenters. The third kappa shape index (κ3) is 2.25. The van der Waals surface area contributed by atoms with Gasteiger partial charge in [0.25, 0.3) is 0 Å². The third-order valence-electron chi connectivity index (χ3n) is 3.54. The molecule has 0 aliphatic rings. The highest BCUT2D eigenvalue weighted by atomic mass is 32.1. The number of aryl methyl sites for hydroxylation is 1. The van der Waals surface area contributed by atoms with Gasteiger partial charge in [0.2, 0.25) is 0 Å². The number of rotatable bonds is 3. The van der Waals surface area contributed by atoms with Gasteiger partial charge in [-0.1, -0.05) is 29.8 Å². The fourth-order valence-electron chi connectivity index (χ4n) is 2.47. The molecule has 0 unspecified atom stereocenters. The van der Waals surface area contributed by atoms with Gasteiger partial charge in [0, 0.05) is 17.1 Å². The minimum atomic E-state index is 0.752. The summed E-state index contributed by atoms with van der Waals surface area (Å²) < 4.78 is 4.08. The van der Waals surface area contributed by atoms with Crippen molar-refractivity contribution in [2.24, 2.45) is 0 Å². The molecule has 3 aromatic heterocycles. The molecule has 0 saturated carbocycles. The number of benzene rings is 1. The molecule has 1 aromatic carbocycles. The summed E-state index contributed by atoms with van der Waals surface area (Å²) in [4.78, 5) is 5.33. The number of imidazole rings is 1. The van der Waals surface area contributed by atoms with Crippen molar-refractivity contribution in [2.75, 3.05) is 0 Å². The van der Waals surface area contributed by atoms with Gasteiger partial charge in [-0.25, -0.2) is 4.98 Å². The van der Waals surface area contributed by atoms with E-state index in [1.807, 2.05) is 23.4 Å². The van der Waals surface area contributed by atoms with Crippen molar-refractivity contribution < 1.29 is 0 Å². The zero-order chi connectivity index (χ0) is 14.2. The van der Waals surface area contributed by atoms with Crippen molar-refractivity contribution in [3.8, 4) is 11.1 Å². The molecule has 0 saturated heterocycles. The van der Waals surface area contributed by atoms with Crippen LogP contribution in [0.1, 0.15) is 11.3 Å². The molecule has 0 fully saturated rings. The summed E-state index contributed by atoms with van der Waals surface area (Å²) in [5, 5.41) is 6.63. The first-order chi connectivity index (χ1) is 10.3. The standard InChI is InChI=1S/C16H14N4S/c1-12-3-2-4-13(5-12)14-6-18-19(8-14)9-15-10-21-16-7-17-11-20(15)16/h2-8,10-11H,9H2,1H3. The number of hydrogen-bond acceptors (Lipinski definition) is 3. The van der Waals surface area contributed by atoms with Crippen LogP contribution >= 0.6 is 11.3 Å². The number of aromatic nitrogens is 4. The summed E-state index contributed by atoms with van der Waals surface area (Å²) in [5.41, 5.74) is 4.82. The van der Waals surface area contributed by atoms with E-state index in [4.69, 9.17) is 0 Å². The first-order valence-corrected chi connectivity index (χ1v) is 7.65. The molecule has 4 nitrogen and oxygen atoms in total. The minimum absolute atomic E-state index is 0.752. The molecule has 3 heterocycles. The van der Waals surface area contributed by atoms with Gasteiger partial charge in [0.05, 0.1) is 24.6 Å². The summed E-state index contributed by atoms with van der Waals surface area (Å²) in [6, 6.07) is 8.48. The summed E-state index contributed by atoms with van der Waals surface area (Å²) in [6.07, 6.45) is 7.75. The smallest absolute Gasteiger partial charge is 0.119 e. The Morgan fingerprint density at radius 2 is 2.14 bits per heavy atom. The van der Waals surface area contributed by atoms with E-state index < -0.39 is 0 Å². The number of hydrogen-bond donors (Lipinski definition) is 0. The first-order valence-electron chi connectivity index (χ1n) is 6.77. The maximum Gasteiger partial charge on any atom is 0.119 e. The van der Waals surface area contributed by atoms with Crippen LogP contribution in [0.2, 0.25) is 0 Å². The van der Waals surface area contributed by atoms with Gasteiger partial charge in [0.15, 0.2) is 0 Å². The lowest BCUT2D eigenvalue weighted by molar-refractivity contribution is 0.669. The molecule has 0 aliphatic heterocycles. The number of nitrogens with zero attached hydrogens (tertiary/aromatic N) is 4. The van der Waals surface area contributed by atoms with Crippen LogP contribution in [-0.4, -0.2) is 19.2 Å². The maximum absolute atomic E-state index is 4.48. The van der Waals surface area contributed by atoms with Crippen LogP contribution in [0.25, 0.3) is 16.0 Å². The molecule has 0 aliphatic carbocycles. The highest BCUT2D eigenvalue weighted by Crippen LogP contribution is 2.21. The van der Waals surface area contributed by atoms with Crippen molar-refractivity contribution in [3.05, 3.63) is 65.8 Å². The van der Waals surface area contributed by atoms with Gasteiger partial charge < -0.3 is 0 Å². The van der Waals surface area contributed by atoms with Gasteiger partial charge in [-0.3, -0.25) is 9.08 Å². The van der Waals surface area contributed by atoms with Gasteiger partial charge >= 0.3 is 0 Å². The molecule has 4 aromatic rings. The Balaban J connectivity index is 1.64. The van der Waals surface area contributed by atoms with E-state index in [0.29, 0.717) is 0 Å². The van der Waals surface area contributed by atoms with Crippen molar-refractivity contribution in [2.45, 2.75) is 13.5 Å². The molecule has 5 heteroatoms.